The lowest BCUT2D eigenvalue weighted by molar-refractivity contribution is 0.419. The van der Waals surface area contributed by atoms with E-state index in [9.17, 15) is 4.79 Å². The van der Waals surface area contributed by atoms with E-state index in [-0.39, 0.29) is 4.87 Å². The Balaban J connectivity index is 2.90. The third-order valence-corrected chi connectivity index (χ3v) is 2.85. The van der Waals surface area contributed by atoms with Crippen LogP contribution in [0.25, 0.3) is 10.2 Å². The predicted molar refractivity (Wildman–Crippen MR) is 54.0 cm³/mol. The molecule has 3 nitrogen and oxygen atoms in total. The van der Waals surface area contributed by atoms with Gasteiger partial charge in [-0.3, -0.25) is 4.79 Å². The third kappa shape index (κ3) is 1.32. The highest BCUT2D eigenvalue weighted by atomic mass is 35.5. The highest BCUT2D eigenvalue weighted by molar-refractivity contribution is 7.16. The minimum absolute atomic E-state index is 0.101. The molecule has 0 fully saturated rings. The number of thiazole rings is 1. The second-order valence-electron chi connectivity index (χ2n) is 2.47. The van der Waals surface area contributed by atoms with Gasteiger partial charge in [0.1, 0.15) is 5.52 Å². The minimum atomic E-state index is -0.101. The second-order valence-corrected chi connectivity index (χ2v) is 3.89. The molecular weight excluding hydrogens is 210 g/mol. The van der Waals surface area contributed by atoms with Crippen molar-refractivity contribution in [3.05, 3.63) is 26.8 Å². The van der Waals surface area contributed by atoms with E-state index in [1.165, 1.54) is 7.11 Å². The van der Waals surface area contributed by atoms with Crippen LogP contribution in [0.3, 0.4) is 0 Å². The van der Waals surface area contributed by atoms with Gasteiger partial charge in [-0.15, -0.1) is 0 Å². The standard InChI is InChI=1S/C8H6ClNO2S/c1-12-7-4(9)2-3-5-6(7)10-8(11)13-5/h2-3H,1H3,(H,10,11). The largest absolute Gasteiger partial charge is 0.493 e. The van der Waals surface area contributed by atoms with Gasteiger partial charge in [0.05, 0.1) is 16.8 Å². The molecular formula is C8H6ClNO2S. The van der Waals surface area contributed by atoms with Crippen LogP contribution < -0.4 is 9.61 Å². The Labute approximate surface area is 82.9 Å². The van der Waals surface area contributed by atoms with Crippen molar-refractivity contribution in [2.75, 3.05) is 7.11 Å². The number of methoxy groups -OCH3 is 1. The molecule has 0 unspecified atom stereocenters. The lowest BCUT2D eigenvalue weighted by Crippen LogP contribution is -1.92. The van der Waals surface area contributed by atoms with Crippen LogP contribution in [0.15, 0.2) is 16.9 Å². The molecule has 0 aliphatic heterocycles. The molecule has 2 rings (SSSR count). The van der Waals surface area contributed by atoms with E-state index in [0.717, 1.165) is 16.0 Å². The van der Waals surface area contributed by atoms with E-state index in [0.29, 0.717) is 16.3 Å². The molecule has 1 aromatic carbocycles. The summed E-state index contributed by atoms with van der Waals surface area (Å²) in [6.07, 6.45) is 0. The van der Waals surface area contributed by atoms with Crippen molar-refractivity contribution in [3.63, 3.8) is 0 Å². The maximum Gasteiger partial charge on any atom is 0.305 e. The Kier molecular flexibility index (Phi) is 2.01. The van der Waals surface area contributed by atoms with E-state index in [4.69, 9.17) is 16.3 Å². The summed E-state index contributed by atoms with van der Waals surface area (Å²) >= 11 is 7.01. The van der Waals surface area contributed by atoms with Gasteiger partial charge < -0.3 is 9.72 Å². The first kappa shape index (κ1) is 8.59. The number of H-pyrrole nitrogens is 1. The number of aromatic nitrogens is 1. The molecule has 13 heavy (non-hydrogen) atoms. The summed E-state index contributed by atoms with van der Waals surface area (Å²) in [6.45, 7) is 0. The number of halogens is 1. The Morgan fingerprint density at radius 3 is 3.00 bits per heavy atom. The Bertz CT molecular complexity index is 502. The lowest BCUT2D eigenvalue weighted by atomic mass is 10.3. The average molecular weight is 216 g/mol. The normalized spacial score (nSPS) is 10.6. The van der Waals surface area contributed by atoms with Gasteiger partial charge in [-0.05, 0) is 12.1 Å². The molecule has 2 aromatic rings. The number of hydrogen-bond donors (Lipinski definition) is 1. The van der Waals surface area contributed by atoms with Crippen molar-refractivity contribution in [1.82, 2.24) is 4.98 Å². The van der Waals surface area contributed by atoms with Crippen molar-refractivity contribution in [2.24, 2.45) is 0 Å². The smallest absolute Gasteiger partial charge is 0.305 e. The first-order chi connectivity index (χ1) is 6.22. The summed E-state index contributed by atoms with van der Waals surface area (Å²) in [5.41, 5.74) is 0.671. The Hall–Kier alpha value is -1.00. The quantitative estimate of drug-likeness (QED) is 0.793. The summed E-state index contributed by atoms with van der Waals surface area (Å²) in [6, 6.07) is 3.51. The summed E-state index contributed by atoms with van der Waals surface area (Å²) in [5, 5.41) is 0.504. The third-order valence-electron chi connectivity index (χ3n) is 1.71. The zero-order chi connectivity index (χ0) is 9.42. The molecule has 0 bridgehead atoms. The number of hydrogen-bond acceptors (Lipinski definition) is 3. The fourth-order valence-corrected chi connectivity index (χ4v) is 2.14. The molecule has 0 atom stereocenters. The van der Waals surface area contributed by atoms with Crippen LogP contribution in [0.4, 0.5) is 0 Å². The molecule has 0 amide bonds. The van der Waals surface area contributed by atoms with E-state index in [1.807, 2.05) is 0 Å². The van der Waals surface area contributed by atoms with Crippen LogP contribution in [0.1, 0.15) is 0 Å². The van der Waals surface area contributed by atoms with Gasteiger partial charge in [-0.2, -0.15) is 0 Å². The van der Waals surface area contributed by atoms with Crippen LogP contribution >= 0.6 is 22.9 Å². The van der Waals surface area contributed by atoms with Crippen LogP contribution in [0, 0.1) is 0 Å². The van der Waals surface area contributed by atoms with Gasteiger partial charge in [0.2, 0.25) is 0 Å². The fourth-order valence-electron chi connectivity index (χ4n) is 1.17. The predicted octanol–water partition coefficient (Wildman–Crippen LogP) is 2.25. The average Bonchev–Trinajstić information content (AvgIpc) is 2.45. The van der Waals surface area contributed by atoms with Gasteiger partial charge in [-0.25, -0.2) is 0 Å². The van der Waals surface area contributed by atoms with Crippen molar-refractivity contribution < 1.29 is 4.74 Å². The van der Waals surface area contributed by atoms with Crippen molar-refractivity contribution in [2.45, 2.75) is 0 Å². The van der Waals surface area contributed by atoms with Gasteiger partial charge >= 0.3 is 4.87 Å². The first-order valence-electron chi connectivity index (χ1n) is 3.57. The van der Waals surface area contributed by atoms with Crippen LogP contribution in [0.5, 0.6) is 5.75 Å². The minimum Gasteiger partial charge on any atom is -0.493 e. The number of ether oxygens (including phenoxy) is 1. The molecule has 5 heteroatoms. The zero-order valence-electron chi connectivity index (χ0n) is 6.76. The first-order valence-corrected chi connectivity index (χ1v) is 4.77. The second kappa shape index (κ2) is 3.05. The highest BCUT2D eigenvalue weighted by Gasteiger charge is 2.08. The van der Waals surface area contributed by atoms with E-state index < -0.39 is 0 Å². The molecule has 1 N–H and O–H groups in total. The van der Waals surface area contributed by atoms with Gasteiger partial charge in [0.25, 0.3) is 0 Å². The molecule has 1 heterocycles. The number of aromatic amines is 1. The molecule has 0 spiro atoms. The molecule has 0 aliphatic carbocycles. The number of benzene rings is 1. The van der Waals surface area contributed by atoms with Crippen molar-refractivity contribution in [1.29, 1.82) is 0 Å². The van der Waals surface area contributed by atoms with E-state index in [1.54, 1.807) is 12.1 Å². The van der Waals surface area contributed by atoms with Crippen LogP contribution in [-0.2, 0) is 0 Å². The maximum atomic E-state index is 11.0. The summed E-state index contributed by atoms with van der Waals surface area (Å²) < 4.78 is 5.93. The molecule has 0 saturated carbocycles. The van der Waals surface area contributed by atoms with Crippen molar-refractivity contribution in [3.8, 4) is 5.75 Å². The molecule has 0 radical (unpaired) electrons. The van der Waals surface area contributed by atoms with E-state index >= 15 is 0 Å². The van der Waals surface area contributed by atoms with Crippen LogP contribution in [0.2, 0.25) is 5.02 Å². The number of nitrogens with one attached hydrogen (secondary N) is 1. The van der Waals surface area contributed by atoms with Gasteiger partial charge in [-0.1, -0.05) is 22.9 Å². The SMILES string of the molecule is COc1c(Cl)ccc2sc(=O)[nH]c12. The topological polar surface area (TPSA) is 42.1 Å². The van der Waals surface area contributed by atoms with Crippen LogP contribution in [-0.4, -0.2) is 12.1 Å². The molecule has 0 aliphatic rings. The van der Waals surface area contributed by atoms with Gasteiger partial charge in [0, 0.05) is 0 Å². The number of rotatable bonds is 1. The number of fused-ring (bicyclic) bond motifs is 1. The lowest BCUT2D eigenvalue weighted by Gasteiger charge is -2.02. The monoisotopic (exact) mass is 215 g/mol. The fraction of sp³-hybridized carbons (Fsp3) is 0.125. The molecule has 0 saturated heterocycles. The van der Waals surface area contributed by atoms with E-state index in [2.05, 4.69) is 4.98 Å². The summed E-state index contributed by atoms with van der Waals surface area (Å²) in [4.78, 5) is 13.6. The Morgan fingerprint density at radius 1 is 1.54 bits per heavy atom. The Morgan fingerprint density at radius 2 is 2.31 bits per heavy atom. The molecule has 1 aromatic heterocycles. The van der Waals surface area contributed by atoms with Gasteiger partial charge in [0.15, 0.2) is 5.75 Å². The summed E-state index contributed by atoms with van der Waals surface area (Å²) in [5.74, 6) is 0.525. The maximum absolute atomic E-state index is 11.0. The molecule has 68 valence electrons. The summed E-state index contributed by atoms with van der Waals surface area (Å²) in [7, 11) is 1.52. The van der Waals surface area contributed by atoms with Crippen molar-refractivity contribution >= 4 is 33.2 Å². The highest BCUT2D eigenvalue weighted by Crippen LogP contribution is 2.32. The zero-order valence-corrected chi connectivity index (χ0v) is 8.33.